The summed E-state index contributed by atoms with van der Waals surface area (Å²) in [6.45, 7) is 4.31. The van der Waals surface area contributed by atoms with Crippen molar-refractivity contribution >= 4 is 47.1 Å². The van der Waals surface area contributed by atoms with Crippen molar-refractivity contribution in [2.75, 3.05) is 31.6 Å². The highest BCUT2D eigenvalue weighted by molar-refractivity contribution is 14.0. The lowest BCUT2D eigenvalue weighted by atomic mass is 10.1. The van der Waals surface area contributed by atoms with Crippen molar-refractivity contribution in [3.05, 3.63) is 40.0 Å². The number of nitrogens with one attached hydrogen (secondary N) is 2. The Morgan fingerprint density at radius 1 is 1.30 bits per heavy atom. The third-order valence-electron chi connectivity index (χ3n) is 4.75. The first-order valence-electron chi connectivity index (χ1n) is 9.51. The normalized spacial score (nSPS) is 15.6. The fourth-order valence-electron chi connectivity index (χ4n) is 3.13. The number of guanidine groups is 1. The van der Waals surface area contributed by atoms with Crippen LogP contribution in [0.25, 0.3) is 0 Å². The lowest BCUT2D eigenvalue weighted by molar-refractivity contribution is -0.140. The number of aromatic nitrogens is 2. The highest BCUT2D eigenvalue weighted by atomic mass is 127. The monoisotopic (exact) mass is 554 g/mol. The molecule has 1 aliphatic heterocycles. The van der Waals surface area contributed by atoms with E-state index in [0.29, 0.717) is 30.0 Å². The van der Waals surface area contributed by atoms with E-state index in [1.54, 1.807) is 7.05 Å². The Hall–Kier alpha value is -1.63. The van der Waals surface area contributed by atoms with Crippen LogP contribution >= 0.6 is 35.3 Å². The van der Waals surface area contributed by atoms with Gasteiger partial charge in [-0.2, -0.15) is 13.2 Å². The van der Waals surface area contributed by atoms with E-state index in [-0.39, 0.29) is 24.0 Å². The molecule has 2 N–H and O–H groups in total. The number of hydrogen-bond donors (Lipinski definition) is 2. The van der Waals surface area contributed by atoms with Gasteiger partial charge in [0.1, 0.15) is 5.82 Å². The second-order valence-electron chi connectivity index (χ2n) is 6.97. The number of pyridine rings is 1. The molecule has 0 saturated carbocycles. The molecule has 30 heavy (non-hydrogen) atoms. The molecule has 0 aliphatic carbocycles. The van der Waals surface area contributed by atoms with Crippen molar-refractivity contribution in [1.29, 1.82) is 0 Å². The first-order chi connectivity index (χ1) is 13.8. The molecule has 0 aromatic carbocycles. The number of rotatable bonds is 5. The topological polar surface area (TPSA) is 65.4 Å². The van der Waals surface area contributed by atoms with Gasteiger partial charge < -0.3 is 15.5 Å². The van der Waals surface area contributed by atoms with Crippen LogP contribution in [0.1, 0.15) is 29.1 Å². The van der Waals surface area contributed by atoms with Gasteiger partial charge in [-0.25, -0.2) is 9.97 Å². The van der Waals surface area contributed by atoms with E-state index in [0.717, 1.165) is 54.0 Å². The van der Waals surface area contributed by atoms with E-state index < -0.39 is 11.9 Å². The molecular weight excluding hydrogens is 528 g/mol. The lowest BCUT2D eigenvalue weighted by Crippen LogP contribution is -2.49. The molecule has 166 valence electrons. The van der Waals surface area contributed by atoms with E-state index in [1.165, 1.54) is 0 Å². The molecule has 0 bridgehead atoms. The number of nitrogens with zero attached hydrogens (tertiary/aromatic N) is 4. The molecule has 0 radical (unpaired) electrons. The second-order valence-corrected chi connectivity index (χ2v) is 7.92. The molecule has 6 nitrogen and oxygen atoms in total. The Morgan fingerprint density at radius 3 is 2.60 bits per heavy atom. The van der Waals surface area contributed by atoms with Gasteiger partial charge in [-0.3, -0.25) is 4.99 Å². The number of anilines is 1. The first kappa shape index (κ1) is 24.6. The zero-order valence-electron chi connectivity index (χ0n) is 16.9. The van der Waals surface area contributed by atoms with Gasteiger partial charge in [-0.15, -0.1) is 35.3 Å². The minimum absolute atomic E-state index is 0. The van der Waals surface area contributed by atoms with Gasteiger partial charge >= 0.3 is 6.18 Å². The maximum absolute atomic E-state index is 12.6. The van der Waals surface area contributed by atoms with E-state index in [1.807, 2.05) is 19.2 Å². The van der Waals surface area contributed by atoms with Crippen LogP contribution in [0.5, 0.6) is 0 Å². The van der Waals surface area contributed by atoms with Crippen LogP contribution in [-0.2, 0) is 12.6 Å². The summed E-state index contributed by atoms with van der Waals surface area (Å²) in [5, 5.41) is 8.07. The maximum Gasteiger partial charge on any atom is 0.434 e. The summed E-state index contributed by atoms with van der Waals surface area (Å²) < 4.78 is 37.8. The van der Waals surface area contributed by atoms with Crippen molar-refractivity contribution in [3.8, 4) is 0 Å². The number of hydrogen-bond acceptors (Lipinski definition) is 5. The van der Waals surface area contributed by atoms with Crippen molar-refractivity contribution < 1.29 is 13.2 Å². The number of thiazole rings is 1. The fourth-order valence-corrected chi connectivity index (χ4v) is 3.94. The Balaban J connectivity index is 0.00000320. The Bertz CT molecular complexity index is 816. The average molecular weight is 554 g/mol. The van der Waals surface area contributed by atoms with Gasteiger partial charge in [-0.05, 0) is 31.4 Å². The summed E-state index contributed by atoms with van der Waals surface area (Å²) in [5.74, 6) is 1.66. The molecule has 0 unspecified atom stereocenters. The van der Waals surface area contributed by atoms with Crippen LogP contribution in [0.15, 0.2) is 28.7 Å². The molecule has 11 heteroatoms. The molecule has 1 saturated heterocycles. The highest BCUT2D eigenvalue weighted by Gasteiger charge is 2.33. The quantitative estimate of drug-likeness (QED) is 0.334. The van der Waals surface area contributed by atoms with Crippen molar-refractivity contribution in [2.24, 2.45) is 4.99 Å². The number of aryl methyl sites for hydroxylation is 1. The van der Waals surface area contributed by atoms with E-state index >= 15 is 0 Å². The SMILES string of the molecule is CN=C(NCCc1nc(C(F)(F)F)cs1)NC1CCN(c2ccc(C)cn2)CC1.I. The molecule has 0 spiro atoms. The summed E-state index contributed by atoms with van der Waals surface area (Å²) in [6, 6.07) is 4.41. The molecule has 0 atom stereocenters. The summed E-state index contributed by atoms with van der Waals surface area (Å²) in [5.41, 5.74) is 0.322. The van der Waals surface area contributed by atoms with Gasteiger partial charge in [0.05, 0.1) is 5.01 Å². The number of piperidine rings is 1. The largest absolute Gasteiger partial charge is 0.434 e. The Morgan fingerprint density at radius 2 is 2.03 bits per heavy atom. The summed E-state index contributed by atoms with van der Waals surface area (Å²) in [7, 11) is 1.69. The van der Waals surface area contributed by atoms with Gasteiger partial charge in [0, 0.05) is 50.7 Å². The van der Waals surface area contributed by atoms with Crippen LogP contribution in [0.3, 0.4) is 0 Å². The predicted octanol–water partition coefficient (Wildman–Crippen LogP) is 3.86. The molecule has 1 aliphatic rings. The smallest absolute Gasteiger partial charge is 0.356 e. The van der Waals surface area contributed by atoms with E-state index in [4.69, 9.17) is 0 Å². The highest BCUT2D eigenvalue weighted by Crippen LogP contribution is 2.30. The van der Waals surface area contributed by atoms with Crippen LogP contribution in [0.4, 0.5) is 19.0 Å². The van der Waals surface area contributed by atoms with Gasteiger partial charge in [-0.1, -0.05) is 6.07 Å². The van der Waals surface area contributed by atoms with Crippen molar-refractivity contribution in [3.63, 3.8) is 0 Å². The molecule has 2 aromatic heterocycles. The van der Waals surface area contributed by atoms with Crippen LogP contribution in [-0.4, -0.2) is 48.7 Å². The third kappa shape index (κ3) is 6.96. The average Bonchev–Trinajstić information content (AvgIpc) is 3.18. The van der Waals surface area contributed by atoms with Gasteiger partial charge in [0.15, 0.2) is 11.7 Å². The van der Waals surface area contributed by atoms with Crippen molar-refractivity contribution in [2.45, 2.75) is 38.4 Å². The standard InChI is InChI=1S/C19H25F3N6S.HI/c1-13-3-4-16(25-11-13)28-9-6-14(7-10-28)26-18(23-2)24-8-5-17-27-15(12-29-17)19(20,21)22;/h3-4,11-12,14H,5-10H2,1-2H3,(H2,23,24,26);1H. The number of halogens is 4. The summed E-state index contributed by atoms with van der Waals surface area (Å²) in [4.78, 5) is 14.6. The van der Waals surface area contributed by atoms with Crippen LogP contribution in [0.2, 0.25) is 0 Å². The van der Waals surface area contributed by atoms with E-state index in [2.05, 4.69) is 36.6 Å². The summed E-state index contributed by atoms with van der Waals surface area (Å²) in [6.07, 6.45) is -0.178. The minimum atomic E-state index is -4.39. The zero-order chi connectivity index (χ0) is 20.9. The van der Waals surface area contributed by atoms with Gasteiger partial charge in [0.25, 0.3) is 0 Å². The molecular formula is C19H26F3IN6S. The number of alkyl halides is 3. The first-order valence-corrected chi connectivity index (χ1v) is 10.4. The Labute approximate surface area is 195 Å². The molecule has 3 heterocycles. The van der Waals surface area contributed by atoms with E-state index in [9.17, 15) is 13.2 Å². The number of aliphatic imine (C=N–C) groups is 1. The molecule has 1 fully saturated rings. The fraction of sp³-hybridized carbons (Fsp3) is 0.526. The van der Waals surface area contributed by atoms with Crippen molar-refractivity contribution in [1.82, 2.24) is 20.6 Å². The predicted molar refractivity (Wildman–Crippen MR) is 125 cm³/mol. The third-order valence-corrected chi connectivity index (χ3v) is 5.66. The second kappa shape index (κ2) is 11.1. The molecule has 0 amide bonds. The zero-order valence-corrected chi connectivity index (χ0v) is 20.0. The maximum atomic E-state index is 12.6. The van der Waals surface area contributed by atoms with Crippen LogP contribution < -0.4 is 15.5 Å². The summed E-state index contributed by atoms with van der Waals surface area (Å²) >= 11 is 1.03. The molecule has 2 aromatic rings. The van der Waals surface area contributed by atoms with Gasteiger partial charge in [0.2, 0.25) is 0 Å². The Kier molecular flexibility index (Phi) is 9.13. The lowest BCUT2D eigenvalue weighted by Gasteiger charge is -2.33. The minimum Gasteiger partial charge on any atom is -0.356 e. The molecule has 3 rings (SSSR count). The van der Waals surface area contributed by atoms with Crippen LogP contribution in [0, 0.1) is 6.92 Å².